The number of aliphatic hydroxyl groups excluding tert-OH is 1. The largest absolute Gasteiger partial charge is 0.497 e. The highest BCUT2D eigenvalue weighted by Gasteiger charge is 2.36. The first kappa shape index (κ1) is 25.2. The SMILES string of the molecule is CN=C(NCC1(CCO)CCOC1)NCC1(c2ccc(OC)cc2)CCCCC1.I. The van der Waals surface area contributed by atoms with E-state index in [1.54, 1.807) is 7.11 Å². The number of hydrogen-bond donors (Lipinski definition) is 3. The Morgan fingerprint density at radius 1 is 1.10 bits per heavy atom. The van der Waals surface area contributed by atoms with Gasteiger partial charge in [0.15, 0.2) is 5.96 Å². The van der Waals surface area contributed by atoms with Crippen molar-refractivity contribution < 1.29 is 14.6 Å². The van der Waals surface area contributed by atoms with E-state index in [1.165, 1.54) is 37.7 Å². The summed E-state index contributed by atoms with van der Waals surface area (Å²) in [5.41, 5.74) is 1.51. The smallest absolute Gasteiger partial charge is 0.191 e. The Labute approximate surface area is 198 Å². The van der Waals surface area contributed by atoms with Crippen LogP contribution < -0.4 is 15.4 Å². The molecule has 1 aliphatic heterocycles. The third-order valence-corrected chi connectivity index (χ3v) is 6.79. The van der Waals surface area contributed by atoms with Crippen molar-refractivity contribution >= 4 is 29.9 Å². The van der Waals surface area contributed by atoms with Crippen molar-refractivity contribution in [2.24, 2.45) is 10.4 Å². The molecule has 0 aromatic heterocycles. The number of ether oxygens (including phenoxy) is 2. The van der Waals surface area contributed by atoms with Gasteiger partial charge in [0, 0.05) is 44.2 Å². The first-order chi connectivity index (χ1) is 14.2. The molecule has 6 nitrogen and oxygen atoms in total. The molecule has 0 spiro atoms. The van der Waals surface area contributed by atoms with Gasteiger partial charge in [-0.25, -0.2) is 0 Å². The highest BCUT2D eigenvalue weighted by molar-refractivity contribution is 14.0. The van der Waals surface area contributed by atoms with Gasteiger partial charge in [-0.1, -0.05) is 31.4 Å². The summed E-state index contributed by atoms with van der Waals surface area (Å²) in [7, 11) is 3.53. The molecule has 170 valence electrons. The van der Waals surface area contributed by atoms with Crippen molar-refractivity contribution in [2.45, 2.75) is 50.4 Å². The van der Waals surface area contributed by atoms with E-state index in [1.807, 2.05) is 7.05 Å². The number of aliphatic imine (C=N–C) groups is 1. The Hall–Kier alpha value is -1.06. The lowest BCUT2D eigenvalue weighted by Gasteiger charge is -2.39. The Bertz CT molecular complexity index is 654. The molecular weight excluding hydrogens is 493 g/mol. The molecule has 1 aromatic rings. The van der Waals surface area contributed by atoms with Gasteiger partial charge in [0.25, 0.3) is 0 Å². The molecule has 1 aliphatic carbocycles. The second-order valence-electron chi connectivity index (χ2n) is 8.63. The fourth-order valence-electron chi connectivity index (χ4n) is 4.80. The zero-order valence-electron chi connectivity index (χ0n) is 18.4. The number of rotatable bonds is 8. The van der Waals surface area contributed by atoms with E-state index in [0.717, 1.165) is 44.2 Å². The minimum absolute atomic E-state index is 0. The lowest BCUT2D eigenvalue weighted by Crippen LogP contribution is -2.49. The fraction of sp³-hybridized carbons (Fsp3) is 0.696. The maximum absolute atomic E-state index is 9.45. The summed E-state index contributed by atoms with van der Waals surface area (Å²) in [4.78, 5) is 4.45. The van der Waals surface area contributed by atoms with Crippen LogP contribution in [0.2, 0.25) is 0 Å². The summed E-state index contributed by atoms with van der Waals surface area (Å²) < 4.78 is 10.9. The minimum atomic E-state index is 0. The number of hydrogen-bond acceptors (Lipinski definition) is 4. The van der Waals surface area contributed by atoms with Gasteiger partial charge in [-0.15, -0.1) is 24.0 Å². The Kier molecular flexibility index (Phi) is 10.2. The quantitative estimate of drug-likeness (QED) is 0.272. The van der Waals surface area contributed by atoms with Crippen LogP contribution >= 0.6 is 24.0 Å². The number of benzene rings is 1. The van der Waals surface area contributed by atoms with Crippen LogP contribution in [0.1, 0.15) is 50.5 Å². The van der Waals surface area contributed by atoms with E-state index in [9.17, 15) is 5.11 Å². The van der Waals surface area contributed by atoms with E-state index < -0.39 is 0 Å². The average molecular weight is 531 g/mol. The van der Waals surface area contributed by atoms with Gasteiger partial charge in [-0.05, 0) is 43.4 Å². The van der Waals surface area contributed by atoms with Crippen LogP contribution in [-0.2, 0) is 10.2 Å². The molecule has 1 aromatic carbocycles. The molecule has 0 amide bonds. The highest BCUT2D eigenvalue weighted by atomic mass is 127. The lowest BCUT2D eigenvalue weighted by molar-refractivity contribution is 0.127. The lowest BCUT2D eigenvalue weighted by atomic mass is 9.69. The third-order valence-electron chi connectivity index (χ3n) is 6.79. The standard InChI is InChI=1S/C23H37N3O3.HI/c1-24-21(25-16-22(12-14-27)13-15-29-18-22)26-17-23(10-4-3-5-11-23)19-6-8-20(28-2)9-7-19;/h6-9,27H,3-5,10-18H2,1-2H3,(H2,24,25,26);1H. The van der Waals surface area contributed by atoms with Gasteiger partial charge in [0.1, 0.15) is 5.75 Å². The number of halogens is 1. The monoisotopic (exact) mass is 531 g/mol. The minimum Gasteiger partial charge on any atom is -0.497 e. The van der Waals surface area contributed by atoms with Gasteiger partial charge in [0.05, 0.1) is 13.7 Å². The van der Waals surface area contributed by atoms with Gasteiger partial charge in [-0.2, -0.15) is 0 Å². The summed E-state index contributed by atoms with van der Waals surface area (Å²) in [6, 6.07) is 8.57. The number of guanidine groups is 1. The maximum atomic E-state index is 9.45. The number of nitrogens with zero attached hydrogens (tertiary/aromatic N) is 1. The zero-order chi connectivity index (χ0) is 20.6. The van der Waals surface area contributed by atoms with Crippen molar-refractivity contribution in [2.75, 3.05) is 47.1 Å². The number of methoxy groups -OCH3 is 1. The topological polar surface area (TPSA) is 75.1 Å². The highest BCUT2D eigenvalue weighted by Crippen LogP contribution is 2.39. The summed E-state index contributed by atoms with van der Waals surface area (Å²) in [6.45, 7) is 3.30. The van der Waals surface area contributed by atoms with Gasteiger partial charge in [-0.3, -0.25) is 4.99 Å². The first-order valence-corrected chi connectivity index (χ1v) is 10.9. The van der Waals surface area contributed by atoms with Crippen LogP contribution in [0.25, 0.3) is 0 Å². The number of nitrogens with one attached hydrogen (secondary N) is 2. The van der Waals surface area contributed by atoms with E-state index >= 15 is 0 Å². The van der Waals surface area contributed by atoms with Gasteiger partial charge < -0.3 is 25.2 Å². The molecule has 3 rings (SSSR count). The van der Waals surface area contributed by atoms with Crippen molar-refractivity contribution in [3.63, 3.8) is 0 Å². The predicted molar refractivity (Wildman–Crippen MR) is 132 cm³/mol. The van der Waals surface area contributed by atoms with E-state index in [-0.39, 0.29) is 41.4 Å². The normalized spacial score (nSPS) is 23.5. The molecule has 7 heteroatoms. The van der Waals surface area contributed by atoms with Crippen molar-refractivity contribution in [3.8, 4) is 5.75 Å². The van der Waals surface area contributed by atoms with Crippen LogP contribution in [-0.4, -0.2) is 58.1 Å². The van der Waals surface area contributed by atoms with Crippen molar-refractivity contribution in [1.82, 2.24) is 10.6 Å². The molecule has 0 bridgehead atoms. The molecule has 2 fully saturated rings. The van der Waals surface area contributed by atoms with Crippen molar-refractivity contribution in [1.29, 1.82) is 0 Å². The average Bonchev–Trinajstić information content (AvgIpc) is 3.23. The fourth-order valence-corrected chi connectivity index (χ4v) is 4.80. The van der Waals surface area contributed by atoms with Gasteiger partial charge in [0.2, 0.25) is 0 Å². The van der Waals surface area contributed by atoms with Crippen molar-refractivity contribution in [3.05, 3.63) is 29.8 Å². The summed E-state index contributed by atoms with van der Waals surface area (Å²) in [5, 5.41) is 16.5. The van der Waals surface area contributed by atoms with Crippen LogP contribution in [0.4, 0.5) is 0 Å². The summed E-state index contributed by atoms with van der Waals surface area (Å²) >= 11 is 0. The molecule has 0 radical (unpaired) electrons. The molecule has 1 heterocycles. The molecule has 1 atom stereocenters. The Balaban J connectivity index is 0.00000320. The summed E-state index contributed by atoms with van der Waals surface area (Å²) in [6.07, 6.45) is 7.94. The van der Waals surface area contributed by atoms with Crippen LogP contribution in [0.3, 0.4) is 0 Å². The maximum Gasteiger partial charge on any atom is 0.191 e. The second-order valence-corrected chi connectivity index (χ2v) is 8.63. The predicted octanol–water partition coefficient (Wildman–Crippen LogP) is 3.47. The van der Waals surface area contributed by atoms with Crippen LogP contribution in [0.15, 0.2) is 29.3 Å². The van der Waals surface area contributed by atoms with E-state index in [2.05, 4.69) is 39.9 Å². The summed E-state index contributed by atoms with van der Waals surface area (Å²) in [5.74, 6) is 1.73. The first-order valence-electron chi connectivity index (χ1n) is 10.9. The third kappa shape index (κ3) is 6.23. The molecular formula is C23H38IN3O3. The van der Waals surface area contributed by atoms with Crippen LogP contribution in [0, 0.1) is 5.41 Å². The molecule has 2 aliphatic rings. The zero-order valence-corrected chi connectivity index (χ0v) is 20.7. The van der Waals surface area contributed by atoms with Crippen LogP contribution in [0.5, 0.6) is 5.75 Å². The Morgan fingerprint density at radius 2 is 1.80 bits per heavy atom. The Morgan fingerprint density at radius 3 is 2.37 bits per heavy atom. The van der Waals surface area contributed by atoms with E-state index in [4.69, 9.17) is 9.47 Å². The molecule has 3 N–H and O–H groups in total. The molecule has 1 saturated heterocycles. The molecule has 1 saturated carbocycles. The molecule has 30 heavy (non-hydrogen) atoms. The van der Waals surface area contributed by atoms with E-state index in [0.29, 0.717) is 6.61 Å². The second kappa shape index (κ2) is 12.1. The molecule has 1 unspecified atom stereocenters. The number of aliphatic hydroxyl groups is 1. The van der Waals surface area contributed by atoms with Gasteiger partial charge >= 0.3 is 0 Å².